The molecule has 0 aromatic heterocycles. The molecule has 19 heavy (non-hydrogen) atoms. The van der Waals surface area contributed by atoms with Crippen LogP contribution in [0.4, 0.5) is 0 Å². The van der Waals surface area contributed by atoms with Crippen LogP contribution in [-0.2, 0) is 0 Å². The predicted molar refractivity (Wildman–Crippen MR) is 81.9 cm³/mol. The average Bonchev–Trinajstić information content (AvgIpc) is 2.23. The maximum absolute atomic E-state index is 6.38. The average molecular weight is 264 g/mol. The third kappa shape index (κ3) is 3.10. The lowest BCUT2D eigenvalue weighted by Crippen LogP contribution is -2.46. The van der Waals surface area contributed by atoms with Crippen molar-refractivity contribution in [2.45, 2.75) is 46.2 Å². The maximum Gasteiger partial charge on any atom is 0.124 e. The van der Waals surface area contributed by atoms with Gasteiger partial charge in [-0.1, -0.05) is 6.07 Å². The van der Waals surface area contributed by atoms with Crippen LogP contribution in [0.25, 0.3) is 0 Å². The van der Waals surface area contributed by atoms with E-state index in [0.29, 0.717) is 0 Å². The smallest absolute Gasteiger partial charge is 0.124 e. The molecule has 0 amide bonds. The van der Waals surface area contributed by atoms with Crippen LogP contribution >= 0.6 is 0 Å². The number of methoxy groups -OCH3 is 1. The van der Waals surface area contributed by atoms with Crippen LogP contribution in [0.15, 0.2) is 6.07 Å². The zero-order valence-electron chi connectivity index (χ0n) is 13.6. The van der Waals surface area contributed by atoms with Crippen LogP contribution < -0.4 is 10.5 Å². The first kappa shape index (κ1) is 16.0. The molecule has 1 rings (SSSR count). The van der Waals surface area contributed by atoms with Gasteiger partial charge in [-0.3, -0.25) is 0 Å². The largest absolute Gasteiger partial charge is 0.496 e. The first-order valence-electron chi connectivity index (χ1n) is 6.71. The van der Waals surface area contributed by atoms with E-state index in [-0.39, 0.29) is 11.6 Å². The Labute approximate surface area is 117 Å². The summed E-state index contributed by atoms with van der Waals surface area (Å²) >= 11 is 0. The molecule has 1 unspecified atom stereocenters. The van der Waals surface area contributed by atoms with Crippen LogP contribution in [0.5, 0.6) is 5.75 Å². The van der Waals surface area contributed by atoms with E-state index in [0.717, 1.165) is 11.3 Å². The third-order valence-corrected chi connectivity index (χ3v) is 3.79. The van der Waals surface area contributed by atoms with Crippen LogP contribution in [0.1, 0.15) is 42.1 Å². The van der Waals surface area contributed by atoms with E-state index in [2.05, 4.69) is 59.7 Å². The summed E-state index contributed by atoms with van der Waals surface area (Å²) in [5.41, 5.74) is 11.0. The van der Waals surface area contributed by atoms with E-state index in [9.17, 15) is 0 Å². The highest BCUT2D eigenvalue weighted by molar-refractivity contribution is 5.50. The van der Waals surface area contributed by atoms with Crippen molar-refractivity contribution in [2.75, 3.05) is 21.2 Å². The van der Waals surface area contributed by atoms with E-state index in [1.807, 2.05) is 0 Å². The molecule has 3 heteroatoms. The van der Waals surface area contributed by atoms with E-state index < -0.39 is 0 Å². The Hall–Kier alpha value is -1.06. The summed E-state index contributed by atoms with van der Waals surface area (Å²) in [6.45, 7) is 10.5. The van der Waals surface area contributed by atoms with E-state index in [1.54, 1.807) is 7.11 Å². The fourth-order valence-electron chi connectivity index (χ4n) is 3.03. The second-order valence-corrected chi connectivity index (χ2v) is 6.25. The summed E-state index contributed by atoms with van der Waals surface area (Å²) < 4.78 is 5.49. The molecule has 0 bridgehead atoms. The fraction of sp³-hybridized carbons (Fsp3) is 0.625. The van der Waals surface area contributed by atoms with Crippen molar-refractivity contribution < 1.29 is 4.74 Å². The highest BCUT2D eigenvalue weighted by Gasteiger charge is 2.31. The van der Waals surface area contributed by atoms with Gasteiger partial charge in [0.05, 0.1) is 13.2 Å². The highest BCUT2D eigenvalue weighted by atomic mass is 16.5. The molecule has 0 saturated carbocycles. The first-order chi connectivity index (χ1) is 8.61. The normalized spacial score (nSPS) is 13.8. The van der Waals surface area contributed by atoms with Crippen LogP contribution in [0, 0.1) is 20.8 Å². The number of ether oxygens (including phenoxy) is 1. The molecular weight excluding hydrogens is 236 g/mol. The molecular formula is C16H28N2O. The molecule has 0 heterocycles. The second-order valence-electron chi connectivity index (χ2n) is 6.25. The van der Waals surface area contributed by atoms with Crippen LogP contribution in [0.2, 0.25) is 0 Å². The lowest BCUT2D eigenvalue weighted by Gasteiger charge is -2.37. The standard InChI is InChI=1S/C16H28N2O/c1-10-9-13(11(2)12(3)14(10)19-8)15(18(6)7)16(4,5)17/h9,15H,17H2,1-8H3. The van der Waals surface area contributed by atoms with Gasteiger partial charge in [0, 0.05) is 5.54 Å². The summed E-state index contributed by atoms with van der Waals surface area (Å²) in [5, 5.41) is 0. The van der Waals surface area contributed by atoms with Gasteiger partial charge in [0.15, 0.2) is 0 Å². The molecule has 0 fully saturated rings. The SMILES string of the molecule is COc1c(C)cc(C(N(C)C)C(C)(C)N)c(C)c1C. The van der Waals surface area contributed by atoms with Gasteiger partial charge in [-0.2, -0.15) is 0 Å². The highest BCUT2D eigenvalue weighted by Crippen LogP contribution is 2.36. The van der Waals surface area contributed by atoms with Gasteiger partial charge < -0.3 is 15.4 Å². The third-order valence-electron chi connectivity index (χ3n) is 3.79. The topological polar surface area (TPSA) is 38.5 Å². The van der Waals surface area contributed by atoms with Gasteiger partial charge in [0.25, 0.3) is 0 Å². The summed E-state index contributed by atoms with van der Waals surface area (Å²) in [7, 11) is 5.88. The molecule has 0 aliphatic carbocycles. The van der Waals surface area contributed by atoms with Gasteiger partial charge in [0.2, 0.25) is 0 Å². The Morgan fingerprint density at radius 2 is 1.68 bits per heavy atom. The lowest BCUT2D eigenvalue weighted by molar-refractivity contribution is 0.203. The zero-order chi connectivity index (χ0) is 15.0. The molecule has 0 aliphatic rings. The number of aryl methyl sites for hydroxylation is 1. The van der Waals surface area contributed by atoms with Crippen molar-refractivity contribution in [3.05, 3.63) is 28.3 Å². The van der Waals surface area contributed by atoms with E-state index in [1.165, 1.54) is 16.7 Å². The van der Waals surface area contributed by atoms with Crippen molar-refractivity contribution in [2.24, 2.45) is 5.73 Å². The molecule has 0 spiro atoms. The number of hydrogen-bond donors (Lipinski definition) is 1. The quantitative estimate of drug-likeness (QED) is 0.908. The Bertz CT molecular complexity index is 459. The molecule has 0 radical (unpaired) electrons. The maximum atomic E-state index is 6.38. The second kappa shape index (κ2) is 5.51. The Morgan fingerprint density at radius 1 is 1.16 bits per heavy atom. The minimum Gasteiger partial charge on any atom is -0.496 e. The van der Waals surface area contributed by atoms with Crippen molar-refractivity contribution in [1.82, 2.24) is 4.90 Å². The number of nitrogens with zero attached hydrogens (tertiary/aromatic N) is 1. The molecule has 108 valence electrons. The van der Waals surface area contributed by atoms with Gasteiger partial charge >= 0.3 is 0 Å². The van der Waals surface area contributed by atoms with Crippen molar-refractivity contribution in [3.8, 4) is 5.75 Å². The molecule has 0 saturated heterocycles. The number of likely N-dealkylation sites (N-methyl/N-ethyl adjacent to an activating group) is 1. The van der Waals surface area contributed by atoms with Crippen LogP contribution in [0.3, 0.4) is 0 Å². The number of hydrogen-bond acceptors (Lipinski definition) is 3. The first-order valence-corrected chi connectivity index (χ1v) is 6.71. The Kier molecular flexibility index (Phi) is 4.64. The fourth-order valence-corrected chi connectivity index (χ4v) is 3.03. The number of rotatable bonds is 4. The molecule has 3 nitrogen and oxygen atoms in total. The predicted octanol–water partition coefficient (Wildman–Crippen LogP) is 2.96. The van der Waals surface area contributed by atoms with Gasteiger partial charge in [0.1, 0.15) is 5.75 Å². The lowest BCUT2D eigenvalue weighted by atomic mass is 9.84. The van der Waals surface area contributed by atoms with E-state index in [4.69, 9.17) is 10.5 Å². The van der Waals surface area contributed by atoms with Crippen molar-refractivity contribution in [3.63, 3.8) is 0 Å². The minimum absolute atomic E-state index is 0.177. The summed E-state index contributed by atoms with van der Waals surface area (Å²) in [4.78, 5) is 2.19. The summed E-state index contributed by atoms with van der Waals surface area (Å²) in [5.74, 6) is 0.980. The van der Waals surface area contributed by atoms with Gasteiger partial charge in [-0.25, -0.2) is 0 Å². The Morgan fingerprint density at radius 3 is 2.05 bits per heavy atom. The van der Waals surface area contributed by atoms with Crippen molar-refractivity contribution >= 4 is 0 Å². The Balaban J connectivity index is 3.50. The summed E-state index contributed by atoms with van der Waals surface area (Å²) in [6.07, 6.45) is 0. The van der Waals surface area contributed by atoms with Crippen LogP contribution in [-0.4, -0.2) is 31.6 Å². The monoisotopic (exact) mass is 264 g/mol. The molecule has 1 aromatic carbocycles. The number of benzene rings is 1. The zero-order valence-corrected chi connectivity index (χ0v) is 13.6. The van der Waals surface area contributed by atoms with Crippen molar-refractivity contribution in [1.29, 1.82) is 0 Å². The van der Waals surface area contributed by atoms with E-state index >= 15 is 0 Å². The van der Waals surface area contributed by atoms with Gasteiger partial charge in [-0.05, 0) is 71.0 Å². The molecule has 1 aromatic rings. The molecule has 1 atom stereocenters. The minimum atomic E-state index is -0.304. The number of nitrogens with two attached hydrogens (primary N) is 1. The summed E-state index contributed by atoms with van der Waals surface area (Å²) in [6, 6.07) is 2.39. The molecule has 0 aliphatic heterocycles. The molecule has 2 N–H and O–H groups in total. The van der Waals surface area contributed by atoms with Gasteiger partial charge in [-0.15, -0.1) is 0 Å².